The normalized spacial score (nSPS) is 11.2. The maximum atomic E-state index is 13.3. The van der Waals surface area contributed by atoms with Crippen molar-refractivity contribution in [1.29, 1.82) is 0 Å². The molecule has 0 fully saturated rings. The fourth-order valence-electron chi connectivity index (χ4n) is 2.94. The molecule has 1 N–H and O–H groups in total. The van der Waals surface area contributed by atoms with Crippen LogP contribution in [0.25, 0.3) is 0 Å². The van der Waals surface area contributed by atoms with E-state index >= 15 is 0 Å². The van der Waals surface area contributed by atoms with Crippen molar-refractivity contribution in [3.8, 4) is 11.5 Å². The third-order valence-corrected chi connectivity index (χ3v) is 6.36. The van der Waals surface area contributed by atoms with Crippen LogP contribution in [0.2, 0.25) is 0 Å². The molecule has 33 heavy (non-hydrogen) atoms. The van der Waals surface area contributed by atoms with Crippen LogP contribution in [-0.2, 0) is 14.8 Å². The second-order valence-electron chi connectivity index (χ2n) is 6.82. The van der Waals surface area contributed by atoms with Gasteiger partial charge < -0.3 is 9.47 Å². The fourth-order valence-corrected chi connectivity index (χ4v) is 4.39. The molecule has 3 rings (SSSR count). The van der Waals surface area contributed by atoms with Crippen molar-refractivity contribution < 1.29 is 22.7 Å². The topological polar surface area (TPSA) is 97.3 Å². The molecular weight excluding hydrogens is 442 g/mol. The summed E-state index contributed by atoms with van der Waals surface area (Å²) < 4.78 is 38.1. The maximum absolute atomic E-state index is 13.3. The van der Waals surface area contributed by atoms with Crippen LogP contribution in [0.4, 0.5) is 5.69 Å². The van der Waals surface area contributed by atoms with Crippen molar-refractivity contribution in [1.82, 2.24) is 5.43 Å². The number of amides is 1. The Labute approximate surface area is 193 Å². The molecule has 0 radical (unpaired) electrons. The lowest BCUT2D eigenvalue weighted by Gasteiger charge is -2.23. The quantitative estimate of drug-likeness (QED) is 0.364. The molecule has 0 heterocycles. The van der Waals surface area contributed by atoms with E-state index < -0.39 is 22.5 Å². The molecule has 0 bridgehead atoms. The van der Waals surface area contributed by atoms with Crippen molar-refractivity contribution in [2.24, 2.45) is 5.10 Å². The van der Waals surface area contributed by atoms with Crippen LogP contribution in [0.3, 0.4) is 0 Å². The predicted molar refractivity (Wildman–Crippen MR) is 127 cm³/mol. The molecule has 3 aromatic carbocycles. The third-order valence-electron chi connectivity index (χ3n) is 4.57. The number of rotatable bonds is 10. The highest BCUT2D eigenvalue weighted by Crippen LogP contribution is 2.25. The molecule has 0 atom stereocenters. The number of hydrazone groups is 1. The van der Waals surface area contributed by atoms with E-state index in [0.29, 0.717) is 18.0 Å². The highest BCUT2D eigenvalue weighted by Gasteiger charge is 2.27. The van der Waals surface area contributed by atoms with Gasteiger partial charge in [-0.05, 0) is 73.2 Å². The van der Waals surface area contributed by atoms with Gasteiger partial charge in [0.1, 0.15) is 18.0 Å². The minimum absolute atomic E-state index is 0.0755. The zero-order valence-corrected chi connectivity index (χ0v) is 19.2. The summed E-state index contributed by atoms with van der Waals surface area (Å²) in [6.45, 7) is 2.02. The van der Waals surface area contributed by atoms with Crippen LogP contribution in [0.5, 0.6) is 11.5 Å². The van der Waals surface area contributed by atoms with Crippen molar-refractivity contribution >= 4 is 27.8 Å². The Morgan fingerprint density at radius 1 is 0.970 bits per heavy atom. The van der Waals surface area contributed by atoms with Crippen LogP contribution in [0.15, 0.2) is 88.9 Å². The van der Waals surface area contributed by atoms with Crippen LogP contribution in [-0.4, -0.2) is 40.8 Å². The standard InChI is InChI=1S/C24H25N3O5S/c1-3-32-22-13-9-19(10-14-22)17-25-26-24(28)18-27(20-11-15-21(31-2)16-12-20)33(29,30)23-7-5-4-6-8-23/h4-17H,3,18H2,1-2H3,(H,26,28)/b25-17-. The van der Waals surface area contributed by atoms with Crippen LogP contribution in [0.1, 0.15) is 12.5 Å². The lowest BCUT2D eigenvalue weighted by atomic mass is 10.2. The van der Waals surface area contributed by atoms with Gasteiger partial charge >= 0.3 is 0 Å². The Bertz CT molecular complexity index is 1180. The average molecular weight is 468 g/mol. The van der Waals surface area contributed by atoms with E-state index in [4.69, 9.17) is 9.47 Å². The van der Waals surface area contributed by atoms with Crippen LogP contribution >= 0.6 is 0 Å². The summed E-state index contributed by atoms with van der Waals surface area (Å²) >= 11 is 0. The Morgan fingerprint density at radius 3 is 2.21 bits per heavy atom. The van der Waals surface area contributed by atoms with Gasteiger partial charge in [0.05, 0.1) is 30.5 Å². The number of hydrogen-bond donors (Lipinski definition) is 1. The van der Waals surface area contributed by atoms with Crippen molar-refractivity contribution in [3.05, 3.63) is 84.4 Å². The van der Waals surface area contributed by atoms with E-state index in [1.807, 2.05) is 6.92 Å². The summed E-state index contributed by atoms with van der Waals surface area (Å²) in [5, 5.41) is 3.94. The van der Waals surface area contributed by atoms with Crippen molar-refractivity contribution in [2.75, 3.05) is 24.6 Å². The van der Waals surface area contributed by atoms with Gasteiger partial charge in [0.15, 0.2) is 0 Å². The van der Waals surface area contributed by atoms with Gasteiger partial charge in [-0.3, -0.25) is 9.10 Å². The highest BCUT2D eigenvalue weighted by atomic mass is 32.2. The second kappa shape index (κ2) is 11.1. The zero-order valence-electron chi connectivity index (χ0n) is 18.3. The minimum Gasteiger partial charge on any atom is -0.497 e. The Kier molecular flexibility index (Phi) is 8.04. The number of sulfonamides is 1. The lowest BCUT2D eigenvalue weighted by Crippen LogP contribution is -2.39. The number of carbonyl (C=O) groups excluding carboxylic acids is 1. The zero-order chi connectivity index (χ0) is 23.7. The molecule has 8 nitrogen and oxygen atoms in total. The summed E-state index contributed by atoms with van der Waals surface area (Å²) in [5.41, 5.74) is 3.46. The molecule has 0 aromatic heterocycles. The number of benzene rings is 3. The van der Waals surface area contributed by atoms with Crippen molar-refractivity contribution in [3.63, 3.8) is 0 Å². The largest absolute Gasteiger partial charge is 0.497 e. The number of carbonyl (C=O) groups is 1. The molecule has 0 aliphatic rings. The summed E-state index contributed by atoms with van der Waals surface area (Å²) in [6.07, 6.45) is 1.47. The SMILES string of the molecule is CCOc1ccc(/C=N\NC(=O)CN(c2ccc(OC)cc2)S(=O)(=O)c2ccccc2)cc1. The van der Waals surface area contributed by atoms with Gasteiger partial charge in [0.2, 0.25) is 0 Å². The number of ether oxygens (including phenoxy) is 2. The Hall–Kier alpha value is -3.85. The first-order chi connectivity index (χ1) is 15.9. The minimum atomic E-state index is -3.99. The monoisotopic (exact) mass is 467 g/mol. The van der Waals surface area contributed by atoms with Crippen molar-refractivity contribution in [2.45, 2.75) is 11.8 Å². The van der Waals surface area contributed by atoms with E-state index in [-0.39, 0.29) is 4.90 Å². The second-order valence-corrected chi connectivity index (χ2v) is 8.68. The van der Waals surface area contributed by atoms with E-state index in [1.54, 1.807) is 66.7 Å². The third kappa shape index (κ3) is 6.33. The summed E-state index contributed by atoms with van der Waals surface area (Å²) in [4.78, 5) is 12.7. The number of methoxy groups -OCH3 is 1. The maximum Gasteiger partial charge on any atom is 0.264 e. The summed E-state index contributed by atoms with van der Waals surface area (Å²) in [5.74, 6) is 0.715. The van der Waals surface area contributed by atoms with Crippen LogP contribution in [0, 0.1) is 0 Å². The first kappa shape index (κ1) is 23.8. The summed E-state index contributed by atoms with van der Waals surface area (Å²) in [7, 11) is -2.47. The number of hydrogen-bond acceptors (Lipinski definition) is 6. The van der Waals surface area contributed by atoms with Gasteiger partial charge in [-0.15, -0.1) is 0 Å². The van der Waals surface area contributed by atoms with E-state index in [1.165, 1.54) is 25.5 Å². The molecule has 1 amide bonds. The number of nitrogens with zero attached hydrogens (tertiary/aromatic N) is 2. The fraction of sp³-hybridized carbons (Fsp3) is 0.167. The molecule has 0 saturated heterocycles. The first-order valence-electron chi connectivity index (χ1n) is 10.2. The highest BCUT2D eigenvalue weighted by molar-refractivity contribution is 7.92. The molecule has 3 aromatic rings. The molecule has 172 valence electrons. The number of nitrogens with one attached hydrogen (secondary N) is 1. The number of anilines is 1. The van der Waals surface area contributed by atoms with Gasteiger partial charge in [-0.25, -0.2) is 13.8 Å². The molecule has 0 saturated carbocycles. The molecule has 0 spiro atoms. The molecule has 0 aliphatic carbocycles. The van der Waals surface area contributed by atoms with Gasteiger partial charge in [-0.2, -0.15) is 5.10 Å². The first-order valence-corrected chi connectivity index (χ1v) is 11.6. The predicted octanol–water partition coefficient (Wildman–Crippen LogP) is 3.44. The van der Waals surface area contributed by atoms with Gasteiger partial charge in [0, 0.05) is 0 Å². The van der Waals surface area contributed by atoms with E-state index in [9.17, 15) is 13.2 Å². The van der Waals surface area contributed by atoms with E-state index in [0.717, 1.165) is 15.6 Å². The van der Waals surface area contributed by atoms with Crippen LogP contribution < -0.4 is 19.2 Å². The Morgan fingerprint density at radius 2 is 1.61 bits per heavy atom. The molecule has 9 heteroatoms. The van der Waals surface area contributed by atoms with Gasteiger partial charge in [-0.1, -0.05) is 18.2 Å². The Balaban J connectivity index is 1.77. The van der Waals surface area contributed by atoms with Gasteiger partial charge in [0.25, 0.3) is 15.9 Å². The lowest BCUT2D eigenvalue weighted by molar-refractivity contribution is -0.119. The molecular formula is C24H25N3O5S. The van der Waals surface area contributed by atoms with E-state index in [2.05, 4.69) is 10.5 Å². The molecule has 0 unspecified atom stereocenters. The average Bonchev–Trinajstić information content (AvgIpc) is 2.84. The smallest absolute Gasteiger partial charge is 0.264 e. The molecule has 0 aliphatic heterocycles. The summed E-state index contributed by atoms with van der Waals surface area (Å²) in [6, 6.07) is 21.5.